The molecule has 1 fully saturated rings. The van der Waals surface area contributed by atoms with Crippen molar-refractivity contribution in [3.63, 3.8) is 0 Å². The van der Waals surface area contributed by atoms with Crippen molar-refractivity contribution in [3.05, 3.63) is 130 Å². The smallest absolute Gasteiger partial charge is 0.261 e. The molecule has 0 aliphatic carbocycles. The highest BCUT2D eigenvalue weighted by Gasteiger charge is 2.39. The Morgan fingerprint density at radius 2 is 1.56 bits per heavy atom. The van der Waals surface area contributed by atoms with Gasteiger partial charge in [0, 0.05) is 22.9 Å². The highest BCUT2D eigenvalue weighted by atomic mass is 32.2. The van der Waals surface area contributed by atoms with E-state index < -0.39 is 59.1 Å². The van der Waals surface area contributed by atoms with Gasteiger partial charge in [0.25, 0.3) is 5.91 Å². The Bertz CT molecular complexity index is 1900. The summed E-state index contributed by atoms with van der Waals surface area (Å²) in [6.07, 6.45) is -1.95. The summed E-state index contributed by atoms with van der Waals surface area (Å²) in [5.41, 5.74) is 1.08. The van der Waals surface area contributed by atoms with Gasteiger partial charge in [0.2, 0.25) is 11.0 Å². The van der Waals surface area contributed by atoms with Crippen LogP contribution < -0.4 is 5.32 Å². The van der Waals surface area contributed by atoms with Crippen LogP contribution in [-0.2, 0) is 16.1 Å². The summed E-state index contributed by atoms with van der Waals surface area (Å²) >= 11 is 1.37. The van der Waals surface area contributed by atoms with Crippen LogP contribution in [0.2, 0.25) is 0 Å². The van der Waals surface area contributed by atoms with Crippen LogP contribution in [-0.4, -0.2) is 43.1 Å². The maximum Gasteiger partial charge on any atom is 0.261 e. The molecule has 1 aliphatic heterocycles. The molecule has 1 aliphatic rings. The number of aliphatic hydroxyl groups excluding tert-OH is 1. The molecule has 48 heavy (non-hydrogen) atoms. The molecule has 1 saturated heterocycles. The number of anilines is 1. The van der Waals surface area contributed by atoms with Crippen LogP contribution >= 0.6 is 11.8 Å². The fourth-order valence-electron chi connectivity index (χ4n) is 5.23. The average molecular weight is 684 g/mol. The Morgan fingerprint density at radius 3 is 2.25 bits per heavy atom. The number of carbonyl (C=O) groups is 1. The first-order valence-corrected chi connectivity index (χ1v) is 15.5. The fourth-order valence-corrected chi connectivity index (χ4v) is 6.28. The van der Waals surface area contributed by atoms with Gasteiger partial charge < -0.3 is 19.9 Å². The number of ether oxygens (including phenoxy) is 2. The maximum atomic E-state index is 14.3. The van der Waals surface area contributed by atoms with Crippen LogP contribution in [0.5, 0.6) is 0 Å². The summed E-state index contributed by atoms with van der Waals surface area (Å²) in [6.45, 7) is 1.83. The van der Waals surface area contributed by atoms with Gasteiger partial charge in [0.15, 0.2) is 29.6 Å². The predicted molar refractivity (Wildman–Crippen MR) is 163 cm³/mol. The third kappa shape index (κ3) is 6.67. The number of hydrogen-bond acceptors (Lipinski definition) is 8. The van der Waals surface area contributed by atoms with E-state index in [0.29, 0.717) is 22.0 Å². The van der Waals surface area contributed by atoms with Crippen molar-refractivity contribution in [3.8, 4) is 5.69 Å². The molecule has 4 atom stereocenters. The summed E-state index contributed by atoms with van der Waals surface area (Å²) in [6, 6.07) is 22.5. The van der Waals surface area contributed by atoms with Gasteiger partial charge in [0.05, 0.1) is 24.5 Å². The van der Waals surface area contributed by atoms with Crippen molar-refractivity contribution in [2.24, 2.45) is 5.92 Å². The van der Waals surface area contributed by atoms with Crippen molar-refractivity contribution in [1.82, 2.24) is 20.2 Å². The van der Waals surface area contributed by atoms with E-state index in [1.54, 1.807) is 22.9 Å². The first-order valence-electron chi connectivity index (χ1n) is 14.6. The number of hydrogen-bond donors (Lipinski definition) is 2. The number of amides is 1. The van der Waals surface area contributed by atoms with Gasteiger partial charge in [0.1, 0.15) is 5.56 Å². The Balaban J connectivity index is 1.27. The number of carbonyl (C=O) groups excluding carboxylic acids is 1. The van der Waals surface area contributed by atoms with Gasteiger partial charge in [-0.05, 0) is 45.8 Å². The minimum Gasteiger partial charge on any atom is -0.392 e. The Morgan fingerprint density at radius 1 is 0.875 bits per heavy atom. The van der Waals surface area contributed by atoms with Crippen molar-refractivity contribution in [1.29, 1.82) is 0 Å². The second-order valence-electron chi connectivity index (χ2n) is 10.9. The lowest BCUT2D eigenvalue weighted by molar-refractivity contribution is -0.268. The van der Waals surface area contributed by atoms with E-state index in [-0.39, 0.29) is 18.2 Å². The van der Waals surface area contributed by atoms with Crippen molar-refractivity contribution < 1.29 is 41.3 Å². The highest BCUT2D eigenvalue weighted by molar-refractivity contribution is 7.99. The Labute approximate surface area is 274 Å². The molecule has 0 radical (unpaired) electrons. The molecule has 1 aromatic heterocycles. The molecule has 248 valence electrons. The lowest BCUT2D eigenvalue weighted by Crippen LogP contribution is -2.38. The summed E-state index contributed by atoms with van der Waals surface area (Å²) in [4.78, 5) is 12.7. The summed E-state index contributed by atoms with van der Waals surface area (Å²) in [5, 5.41) is 24.3. The van der Waals surface area contributed by atoms with E-state index in [4.69, 9.17) is 9.47 Å². The monoisotopic (exact) mass is 683 g/mol. The number of nitrogens with zero attached hydrogens (tertiary/aromatic N) is 4. The molecule has 5 aromatic rings. The molecular weight excluding hydrogens is 657 g/mol. The largest absolute Gasteiger partial charge is 0.392 e. The lowest BCUT2D eigenvalue weighted by atomic mass is 9.91. The van der Waals surface area contributed by atoms with E-state index in [1.807, 2.05) is 49.4 Å². The average Bonchev–Trinajstić information content (AvgIpc) is 3.59. The van der Waals surface area contributed by atoms with Crippen molar-refractivity contribution >= 4 is 23.4 Å². The molecule has 2 N–H and O–H groups in total. The number of aromatic nitrogens is 4. The van der Waals surface area contributed by atoms with Gasteiger partial charge >= 0.3 is 0 Å². The van der Waals surface area contributed by atoms with Crippen LogP contribution in [0.3, 0.4) is 0 Å². The minimum absolute atomic E-state index is 0.0101. The molecule has 0 spiro atoms. The first-order chi connectivity index (χ1) is 23.2. The van der Waals surface area contributed by atoms with Gasteiger partial charge in [-0.1, -0.05) is 73.3 Å². The van der Waals surface area contributed by atoms with Crippen LogP contribution in [0.15, 0.2) is 84.0 Å². The maximum absolute atomic E-state index is 14.3. The standard InChI is InChI=1S/C33H26F5N5O4S/c1-17-23(16-48-33-40-41-42-43(33)22-8-3-2-4-9-22)46-32(47-30(17)19-12-10-18(15-44)11-13-19)20-6-5-7-21(14-20)39-31(45)24-25(34)27(36)29(38)28(37)26(24)35/h2-14,17,23,30,32,44H,15-16H2,1H3,(H,39,45). The third-order valence-corrected chi connectivity index (χ3v) is 8.80. The predicted octanol–water partition coefficient (Wildman–Crippen LogP) is 6.69. The number of halogens is 5. The lowest BCUT2D eigenvalue weighted by Gasteiger charge is -2.41. The molecule has 4 aromatic carbocycles. The molecule has 0 bridgehead atoms. The zero-order chi connectivity index (χ0) is 33.9. The fraction of sp³-hybridized carbons (Fsp3) is 0.212. The number of rotatable bonds is 9. The van der Waals surface area contributed by atoms with E-state index in [9.17, 15) is 31.9 Å². The zero-order valence-corrected chi connectivity index (χ0v) is 25.8. The number of thioether (sulfide) groups is 1. The Hall–Kier alpha value is -4.70. The Kier molecular flexibility index (Phi) is 9.82. The van der Waals surface area contributed by atoms with Gasteiger partial charge in [-0.2, -0.15) is 4.68 Å². The molecule has 4 unspecified atom stereocenters. The number of nitrogens with one attached hydrogen (secondary N) is 1. The molecule has 2 heterocycles. The van der Waals surface area contributed by atoms with E-state index >= 15 is 0 Å². The first kappa shape index (κ1) is 33.2. The molecule has 1 amide bonds. The van der Waals surface area contributed by atoms with Crippen LogP contribution in [0, 0.1) is 35.0 Å². The van der Waals surface area contributed by atoms with Gasteiger partial charge in [-0.3, -0.25) is 4.79 Å². The number of aliphatic hydroxyl groups is 1. The molecular formula is C33H26F5N5O4S. The molecule has 6 rings (SSSR count). The van der Waals surface area contributed by atoms with Crippen molar-refractivity contribution in [2.45, 2.75) is 37.2 Å². The number of tetrazole rings is 1. The normalized spacial score (nSPS) is 19.3. The second-order valence-corrected chi connectivity index (χ2v) is 11.9. The van der Waals surface area contributed by atoms with Gasteiger partial charge in [-0.25, -0.2) is 22.0 Å². The van der Waals surface area contributed by atoms with Crippen LogP contribution in [0.1, 0.15) is 46.4 Å². The van der Waals surface area contributed by atoms with E-state index in [0.717, 1.165) is 11.3 Å². The summed E-state index contributed by atoms with van der Waals surface area (Å²) in [5.74, 6) is -12.7. The van der Waals surface area contributed by atoms with E-state index in [1.165, 1.54) is 30.0 Å². The van der Waals surface area contributed by atoms with E-state index in [2.05, 4.69) is 20.8 Å². The second kappa shape index (κ2) is 14.2. The SMILES string of the molecule is CC1C(CSc2nnnn2-c2ccccc2)OC(c2cccc(NC(=O)c3c(F)c(F)c(F)c(F)c3F)c2)OC1c1ccc(CO)cc1. The summed E-state index contributed by atoms with van der Waals surface area (Å²) in [7, 11) is 0. The highest BCUT2D eigenvalue weighted by Crippen LogP contribution is 2.43. The molecule has 0 saturated carbocycles. The minimum atomic E-state index is -2.37. The molecule has 9 nitrogen and oxygen atoms in total. The third-order valence-electron chi connectivity index (χ3n) is 7.80. The van der Waals surface area contributed by atoms with Crippen LogP contribution in [0.4, 0.5) is 27.6 Å². The number of benzene rings is 4. The topological polar surface area (TPSA) is 111 Å². The quantitative estimate of drug-likeness (QED) is 0.0766. The van der Waals surface area contributed by atoms with Gasteiger partial charge in [-0.15, -0.1) is 5.10 Å². The molecule has 15 heteroatoms. The van der Waals surface area contributed by atoms with Crippen molar-refractivity contribution in [2.75, 3.05) is 11.1 Å². The number of para-hydroxylation sites is 1. The zero-order valence-electron chi connectivity index (χ0n) is 25.0. The van der Waals surface area contributed by atoms with Crippen LogP contribution in [0.25, 0.3) is 5.69 Å². The summed E-state index contributed by atoms with van der Waals surface area (Å²) < 4.78 is 84.1.